The molecule has 10 heteroatoms. The van der Waals surface area contributed by atoms with E-state index in [-0.39, 0.29) is 10.5 Å². The summed E-state index contributed by atoms with van der Waals surface area (Å²) in [6.07, 6.45) is 4.53. The third-order valence-electron chi connectivity index (χ3n) is 4.33. The van der Waals surface area contributed by atoms with Crippen molar-refractivity contribution in [3.05, 3.63) is 42.0 Å². The lowest BCUT2D eigenvalue weighted by Gasteiger charge is -2.26. The summed E-state index contributed by atoms with van der Waals surface area (Å²) in [5, 5.41) is 11.0. The number of aryl methyl sites for hydroxylation is 1. The monoisotopic (exact) mass is 438 g/mol. The van der Waals surface area contributed by atoms with E-state index in [1.807, 2.05) is 0 Å². The lowest BCUT2D eigenvalue weighted by atomic mass is 10.1. The van der Waals surface area contributed by atoms with E-state index in [9.17, 15) is 13.2 Å². The molecule has 1 aromatic carbocycles. The molecule has 2 aromatic rings. The number of benzene rings is 1. The Kier molecular flexibility index (Phi) is 6.86. The Labute approximate surface area is 173 Å². The van der Waals surface area contributed by atoms with Crippen LogP contribution in [-0.2, 0) is 10.0 Å². The number of nitrogens with zero attached hydrogens (tertiary/aromatic N) is 3. The quantitative estimate of drug-likeness (QED) is 0.404. The maximum Gasteiger partial charge on any atom is 0.257 e. The maximum atomic E-state index is 13.0. The van der Waals surface area contributed by atoms with E-state index in [1.165, 1.54) is 33.5 Å². The Morgan fingerprint density at radius 2 is 2.07 bits per heavy atom. The molecule has 150 valence electrons. The molecule has 1 amide bonds. The molecule has 28 heavy (non-hydrogen) atoms. The fourth-order valence-corrected chi connectivity index (χ4v) is 6.16. The molecule has 0 aliphatic carbocycles. The zero-order valence-corrected chi connectivity index (χ0v) is 18.0. The van der Waals surface area contributed by atoms with Crippen LogP contribution < -0.4 is 5.32 Å². The van der Waals surface area contributed by atoms with Crippen LogP contribution in [0.5, 0.6) is 0 Å². The summed E-state index contributed by atoms with van der Waals surface area (Å²) in [6, 6.07) is 4.73. The molecule has 0 radical (unpaired) electrons. The van der Waals surface area contributed by atoms with Crippen LogP contribution in [-0.4, -0.2) is 47.7 Å². The number of carbonyl (C=O) groups excluding carboxylic acids is 1. The number of aromatic nitrogens is 2. The number of hydrogen-bond acceptors (Lipinski definition) is 7. The second-order valence-electron chi connectivity index (χ2n) is 6.37. The third kappa shape index (κ3) is 4.80. The molecule has 0 bridgehead atoms. The highest BCUT2D eigenvalue weighted by molar-refractivity contribution is 8.01. The van der Waals surface area contributed by atoms with Gasteiger partial charge < -0.3 is 0 Å². The first-order valence-electron chi connectivity index (χ1n) is 8.91. The van der Waals surface area contributed by atoms with Crippen LogP contribution in [0.2, 0.25) is 0 Å². The van der Waals surface area contributed by atoms with E-state index in [0.717, 1.165) is 23.6 Å². The van der Waals surface area contributed by atoms with Crippen molar-refractivity contribution in [1.29, 1.82) is 0 Å². The van der Waals surface area contributed by atoms with Crippen molar-refractivity contribution < 1.29 is 13.2 Å². The van der Waals surface area contributed by atoms with E-state index >= 15 is 0 Å². The molecule has 0 atom stereocenters. The van der Waals surface area contributed by atoms with Crippen LogP contribution in [0.1, 0.15) is 35.2 Å². The summed E-state index contributed by atoms with van der Waals surface area (Å²) in [4.78, 5) is 12.8. The molecular formula is C18H22N4O3S3. The number of sulfonamides is 1. The molecule has 2 heterocycles. The molecule has 0 spiro atoms. The summed E-state index contributed by atoms with van der Waals surface area (Å²) in [6.45, 7) is 6.44. The van der Waals surface area contributed by atoms with Gasteiger partial charge in [-0.25, -0.2) is 8.42 Å². The number of thioether (sulfide) groups is 1. The average molecular weight is 439 g/mol. The van der Waals surface area contributed by atoms with E-state index in [2.05, 4.69) is 22.1 Å². The fraction of sp³-hybridized carbons (Fsp3) is 0.389. The lowest BCUT2D eigenvalue weighted by Crippen LogP contribution is -2.36. The minimum absolute atomic E-state index is 0.182. The van der Waals surface area contributed by atoms with Crippen molar-refractivity contribution in [2.75, 3.05) is 24.2 Å². The van der Waals surface area contributed by atoms with Crippen molar-refractivity contribution >= 4 is 44.2 Å². The van der Waals surface area contributed by atoms with Crippen LogP contribution in [0, 0.1) is 6.92 Å². The van der Waals surface area contributed by atoms with Crippen LogP contribution in [0.4, 0.5) is 5.13 Å². The highest BCUT2D eigenvalue weighted by Gasteiger charge is 2.28. The minimum Gasteiger partial charge on any atom is -0.296 e. The van der Waals surface area contributed by atoms with Gasteiger partial charge in [-0.2, -0.15) is 4.31 Å². The van der Waals surface area contributed by atoms with Crippen LogP contribution in [0.15, 0.2) is 40.1 Å². The summed E-state index contributed by atoms with van der Waals surface area (Å²) >= 11 is 2.74. The van der Waals surface area contributed by atoms with Crippen molar-refractivity contribution in [1.82, 2.24) is 14.5 Å². The molecule has 0 saturated carbocycles. The number of rotatable bonds is 7. The topological polar surface area (TPSA) is 92.3 Å². The molecule has 0 unspecified atom stereocenters. The highest BCUT2D eigenvalue weighted by atomic mass is 32.2. The van der Waals surface area contributed by atoms with Gasteiger partial charge in [0.25, 0.3) is 5.91 Å². The number of anilines is 1. The largest absolute Gasteiger partial charge is 0.296 e. The Bertz CT molecular complexity index is 966. The zero-order chi connectivity index (χ0) is 20.1. The molecule has 1 saturated heterocycles. The maximum absolute atomic E-state index is 13.0. The highest BCUT2D eigenvalue weighted by Crippen LogP contribution is 2.27. The Morgan fingerprint density at radius 3 is 2.79 bits per heavy atom. The minimum atomic E-state index is -3.61. The zero-order valence-electron chi connectivity index (χ0n) is 15.6. The molecule has 1 fully saturated rings. The summed E-state index contributed by atoms with van der Waals surface area (Å²) in [5.41, 5.74) is 0.901. The number of amides is 1. The van der Waals surface area contributed by atoms with Gasteiger partial charge in [0.1, 0.15) is 0 Å². The SMILES string of the molecule is C=CCSc1nnc(NC(=O)c2ccc(C)c(S(=O)(=O)N3CCCCC3)c2)s1. The first-order valence-corrected chi connectivity index (χ1v) is 12.2. The predicted molar refractivity (Wildman–Crippen MR) is 113 cm³/mol. The van der Waals surface area contributed by atoms with E-state index in [0.29, 0.717) is 29.5 Å². The van der Waals surface area contributed by atoms with Gasteiger partial charge in [-0.3, -0.25) is 10.1 Å². The van der Waals surface area contributed by atoms with Crippen molar-refractivity contribution in [2.45, 2.75) is 35.4 Å². The first-order chi connectivity index (χ1) is 13.4. The Morgan fingerprint density at radius 1 is 1.32 bits per heavy atom. The van der Waals surface area contributed by atoms with Crippen LogP contribution in [0.3, 0.4) is 0 Å². The van der Waals surface area contributed by atoms with Crippen molar-refractivity contribution in [2.24, 2.45) is 0 Å². The number of piperidine rings is 1. The molecule has 3 rings (SSSR count). The molecular weight excluding hydrogens is 416 g/mol. The van der Waals surface area contributed by atoms with Gasteiger partial charge >= 0.3 is 0 Å². The van der Waals surface area contributed by atoms with Crippen molar-refractivity contribution in [3.63, 3.8) is 0 Å². The second kappa shape index (κ2) is 9.17. The Balaban J connectivity index is 1.79. The number of nitrogens with one attached hydrogen (secondary N) is 1. The molecule has 1 aromatic heterocycles. The second-order valence-corrected chi connectivity index (χ2v) is 10.5. The number of carbonyl (C=O) groups is 1. The predicted octanol–water partition coefficient (Wildman–Crippen LogP) is 3.55. The van der Waals surface area contributed by atoms with E-state index in [1.54, 1.807) is 25.1 Å². The molecule has 1 aliphatic rings. The fourth-order valence-electron chi connectivity index (χ4n) is 2.88. The van der Waals surface area contributed by atoms with Crippen LogP contribution >= 0.6 is 23.1 Å². The molecule has 1 aliphatic heterocycles. The Hall–Kier alpha value is -1.75. The summed E-state index contributed by atoms with van der Waals surface area (Å²) in [5.74, 6) is 0.296. The smallest absolute Gasteiger partial charge is 0.257 e. The van der Waals surface area contributed by atoms with Gasteiger partial charge in [0, 0.05) is 24.4 Å². The van der Waals surface area contributed by atoms with Gasteiger partial charge in [0.05, 0.1) is 4.90 Å². The van der Waals surface area contributed by atoms with E-state index < -0.39 is 15.9 Å². The van der Waals surface area contributed by atoms with Crippen molar-refractivity contribution in [3.8, 4) is 0 Å². The first kappa shape index (κ1) is 21.0. The summed E-state index contributed by atoms with van der Waals surface area (Å²) < 4.78 is 28.3. The van der Waals surface area contributed by atoms with Gasteiger partial charge in [0.15, 0.2) is 4.34 Å². The summed E-state index contributed by atoms with van der Waals surface area (Å²) in [7, 11) is -3.61. The molecule has 7 nitrogen and oxygen atoms in total. The van der Waals surface area contributed by atoms with E-state index in [4.69, 9.17) is 0 Å². The molecule has 1 N–H and O–H groups in total. The van der Waals surface area contributed by atoms with Gasteiger partial charge in [-0.15, -0.1) is 16.8 Å². The normalized spacial score (nSPS) is 15.3. The van der Waals surface area contributed by atoms with Gasteiger partial charge in [-0.05, 0) is 37.5 Å². The standard InChI is InChI=1S/C18H22N4O3S3/c1-3-11-26-18-21-20-17(27-18)19-16(23)14-8-7-13(2)15(12-14)28(24,25)22-9-5-4-6-10-22/h3,7-8,12H,1,4-6,9-11H2,2H3,(H,19,20,23). The lowest BCUT2D eigenvalue weighted by molar-refractivity contribution is 0.102. The average Bonchev–Trinajstić information content (AvgIpc) is 3.14. The third-order valence-corrected chi connectivity index (χ3v) is 8.34. The van der Waals surface area contributed by atoms with Gasteiger partial charge in [-0.1, -0.05) is 41.7 Å². The van der Waals surface area contributed by atoms with Gasteiger partial charge in [0.2, 0.25) is 15.2 Å². The number of hydrogen-bond donors (Lipinski definition) is 1. The van der Waals surface area contributed by atoms with Crippen LogP contribution in [0.25, 0.3) is 0 Å².